The fourth-order valence-corrected chi connectivity index (χ4v) is 1.99. The Hall–Kier alpha value is -1.16. The van der Waals surface area contributed by atoms with Crippen molar-refractivity contribution in [3.05, 3.63) is 29.8 Å². The minimum absolute atomic E-state index is 0.0186. The second-order valence-corrected chi connectivity index (χ2v) is 4.12. The molecule has 2 nitrogen and oxygen atoms in total. The molecular formula is C12H16F2N2. The van der Waals surface area contributed by atoms with Gasteiger partial charge in [0.2, 0.25) is 0 Å². The number of para-hydroxylation sites is 1. The van der Waals surface area contributed by atoms with Crippen LogP contribution in [-0.2, 0) is 0 Å². The summed E-state index contributed by atoms with van der Waals surface area (Å²) >= 11 is 0. The molecule has 1 aliphatic heterocycles. The first-order valence-electron chi connectivity index (χ1n) is 5.68. The molecule has 0 bridgehead atoms. The van der Waals surface area contributed by atoms with Gasteiger partial charge in [-0.3, -0.25) is 0 Å². The van der Waals surface area contributed by atoms with Crippen LogP contribution in [0.2, 0.25) is 0 Å². The standard InChI is InChI=1S/C12H16F2N2/c13-10-5-3-6-11(14)12(10)16-8-9-4-1-2-7-15-9/h3,5-6,9,15-16H,1-2,4,7-8H2. The minimum Gasteiger partial charge on any atom is -0.379 e. The molecule has 0 aromatic heterocycles. The van der Waals surface area contributed by atoms with E-state index in [0.717, 1.165) is 13.0 Å². The molecule has 88 valence electrons. The molecule has 0 radical (unpaired) electrons. The molecule has 1 saturated heterocycles. The number of halogens is 2. The summed E-state index contributed by atoms with van der Waals surface area (Å²) in [5.41, 5.74) is -0.0186. The predicted octanol–water partition coefficient (Wildman–Crippen LogP) is 2.52. The summed E-state index contributed by atoms with van der Waals surface area (Å²) in [6.45, 7) is 1.56. The summed E-state index contributed by atoms with van der Waals surface area (Å²) in [6, 6.07) is 4.21. The van der Waals surface area contributed by atoms with E-state index in [9.17, 15) is 8.78 Å². The van der Waals surface area contributed by atoms with E-state index < -0.39 is 11.6 Å². The first-order valence-corrected chi connectivity index (χ1v) is 5.68. The quantitative estimate of drug-likeness (QED) is 0.827. The lowest BCUT2D eigenvalue weighted by molar-refractivity contribution is 0.413. The van der Waals surface area contributed by atoms with Crippen molar-refractivity contribution in [1.29, 1.82) is 0 Å². The smallest absolute Gasteiger partial charge is 0.149 e. The lowest BCUT2D eigenvalue weighted by Gasteiger charge is -2.24. The molecule has 1 unspecified atom stereocenters. The van der Waals surface area contributed by atoms with Crippen LogP contribution in [0.3, 0.4) is 0 Å². The average Bonchev–Trinajstić information content (AvgIpc) is 2.30. The van der Waals surface area contributed by atoms with Crippen molar-refractivity contribution in [1.82, 2.24) is 5.32 Å². The van der Waals surface area contributed by atoms with E-state index in [2.05, 4.69) is 10.6 Å². The van der Waals surface area contributed by atoms with Crippen LogP contribution >= 0.6 is 0 Å². The van der Waals surface area contributed by atoms with E-state index in [1.165, 1.54) is 31.0 Å². The van der Waals surface area contributed by atoms with E-state index in [1.807, 2.05) is 0 Å². The third kappa shape index (κ3) is 2.70. The monoisotopic (exact) mass is 226 g/mol. The molecule has 2 rings (SSSR count). The van der Waals surface area contributed by atoms with Crippen molar-refractivity contribution in [2.75, 3.05) is 18.4 Å². The topological polar surface area (TPSA) is 24.1 Å². The van der Waals surface area contributed by atoms with Crippen LogP contribution in [0, 0.1) is 11.6 Å². The third-order valence-corrected chi connectivity index (χ3v) is 2.90. The molecule has 0 aliphatic carbocycles. The zero-order valence-corrected chi connectivity index (χ0v) is 9.10. The maximum Gasteiger partial charge on any atom is 0.149 e. The molecule has 0 amide bonds. The Morgan fingerprint density at radius 3 is 2.62 bits per heavy atom. The molecule has 1 fully saturated rings. The lowest BCUT2D eigenvalue weighted by atomic mass is 10.1. The summed E-state index contributed by atoms with van der Waals surface area (Å²) in [6.07, 6.45) is 3.42. The van der Waals surface area contributed by atoms with Gasteiger partial charge in [0.1, 0.15) is 17.3 Å². The van der Waals surface area contributed by atoms with Crippen LogP contribution in [0.25, 0.3) is 0 Å². The minimum atomic E-state index is -0.532. The van der Waals surface area contributed by atoms with Crippen molar-refractivity contribution in [3.8, 4) is 0 Å². The average molecular weight is 226 g/mol. The Morgan fingerprint density at radius 2 is 2.00 bits per heavy atom. The van der Waals surface area contributed by atoms with Gasteiger partial charge in [0, 0.05) is 12.6 Å². The molecule has 2 N–H and O–H groups in total. The first kappa shape index (κ1) is 11.3. The summed E-state index contributed by atoms with van der Waals surface area (Å²) in [5, 5.41) is 6.16. The molecule has 4 heteroatoms. The van der Waals surface area contributed by atoms with E-state index in [-0.39, 0.29) is 5.69 Å². The van der Waals surface area contributed by atoms with Gasteiger partial charge < -0.3 is 10.6 Å². The van der Waals surface area contributed by atoms with E-state index in [4.69, 9.17) is 0 Å². The van der Waals surface area contributed by atoms with Gasteiger partial charge in [-0.15, -0.1) is 0 Å². The van der Waals surface area contributed by atoms with Gasteiger partial charge in [0.25, 0.3) is 0 Å². The molecule has 1 aromatic carbocycles. The Balaban J connectivity index is 1.93. The number of benzene rings is 1. The van der Waals surface area contributed by atoms with Gasteiger partial charge >= 0.3 is 0 Å². The maximum absolute atomic E-state index is 13.3. The molecule has 1 aromatic rings. The fraction of sp³-hybridized carbons (Fsp3) is 0.500. The van der Waals surface area contributed by atoms with Gasteiger partial charge in [0.05, 0.1) is 0 Å². The van der Waals surface area contributed by atoms with Crippen molar-refractivity contribution in [3.63, 3.8) is 0 Å². The molecule has 16 heavy (non-hydrogen) atoms. The Morgan fingerprint density at radius 1 is 1.25 bits per heavy atom. The molecular weight excluding hydrogens is 210 g/mol. The van der Waals surface area contributed by atoms with Gasteiger partial charge in [-0.25, -0.2) is 8.78 Å². The van der Waals surface area contributed by atoms with Crippen LogP contribution in [-0.4, -0.2) is 19.1 Å². The predicted molar refractivity (Wildman–Crippen MR) is 60.5 cm³/mol. The number of nitrogens with one attached hydrogen (secondary N) is 2. The Bertz CT molecular complexity index is 329. The van der Waals surface area contributed by atoms with Crippen LogP contribution in [0.1, 0.15) is 19.3 Å². The Labute approximate surface area is 94.0 Å². The zero-order valence-electron chi connectivity index (χ0n) is 9.10. The number of piperidine rings is 1. The van der Waals surface area contributed by atoms with Gasteiger partial charge in [0.15, 0.2) is 0 Å². The van der Waals surface area contributed by atoms with E-state index in [0.29, 0.717) is 12.6 Å². The summed E-state index contributed by atoms with van der Waals surface area (Å²) < 4.78 is 26.6. The SMILES string of the molecule is Fc1cccc(F)c1NCC1CCCCN1. The summed E-state index contributed by atoms with van der Waals surface area (Å²) in [7, 11) is 0. The molecule has 0 saturated carbocycles. The second-order valence-electron chi connectivity index (χ2n) is 4.12. The first-order chi connectivity index (χ1) is 7.77. The number of rotatable bonds is 3. The highest BCUT2D eigenvalue weighted by Gasteiger charge is 2.14. The van der Waals surface area contributed by atoms with Crippen molar-refractivity contribution in [2.24, 2.45) is 0 Å². The van der Waals surface area contributed by atoms with Crippen LogP contribution in [0.4, 0.5) is 14.5 Å². The normalized spacial score (nSPS) is 20.8. The zero-order chi connectivity index (χ0) is 11.4. The maximum atomic E-state index is 13.3. The van der Waals surface area contributed by atoms with Gasteiger partial charge in [-0.05, 0) is 31.5 Å². The number of hydrogen-bond donors (Lipinski definition) is 2. The van der Waals surface area contributed by atoms with Crippen LogP contribution in [0.15, 0.2) is 18.2 Å². The molecule has 1 heterocycles. The molecule has 1 atom stereocenters. The number of anilines is 1. The molecule has 1 aliphatic rings. The third-order valence-electron chi connectivity index (χ3n) is 2.90. The Kier molecular flexibility index (Phi) is 3.72. The summed E-state index contributed by atoms with van der Waals surface area (Å²) in [5.74, 6) is -1.06. The van der Waals surface area contributed by atoms with E-state index >= 15 is 0 Å². The second kappa shape index (κ2) is 5.25. The van der Waals surface area contributed by atoms with Crippen molar-refractivity contribution < 1.29 is 8.78 Å². The highest BCUT2D eigenvalue weighted by atomic mass is 19.1. The van der Waals surface area contributed by atoms with Gasteiger partial charge in [-0.2, -0.15) is 0 Å². The van der Waals surface area contributed by atoms with E-state index in [1.54, 1.807) is 0 Å². The lowest BCUT2D eigenvalue weighted by Crippen LogP contribution is -2.39. The highest BCUT2D eigenvalue weighted by molar-refractivity contribution is 5.46. The van der Waals surface area contributed by atoms with Gasteiger partial charge in [-0.1, -0.05) is 12.5 Å². The number of hydrogen-bond acceptors (Lipinski definition) is 2. The summed E-state index contributed by atoms with van der Waals surface area (Å²) in [4.78, 5) is 0. The van der Waals surface area contributed by atoms with Crippen molar-refractivity contribution in [2.45, 2.75) is 25.3 Å². The van der Waals surface area contributed by atoms with Crippen molar-refractivity contribution >= 4 is 5.69 Å². The fourth-order valence-electron chi connectivity index (χ4n) is 1.99. The largest absolute Gasteiger partial charge is 0.379 e. The van der Waals surface area contributed by atoms with Crippen LogP contribution in [0.5, 0.6) is 0 Å². The highest BCUT2D eigenvalue weighted by Crippen LogP contribution is 2.18. The van der Waals surface area contributed by atoms with Crippen LogP contribution < -0.4 is 10.6 Å². The molecule has 0 spiro atoms.